The molecule has 0 unspecified atom stereocenters. The normalized spacial score (nSPS) is 11.7. The highest BCUT2D eigenvalue weighted by Crippen LogP contribution is 2.37. The van der Waals surface area contributed by atoms with Crippen molar-refractivity contribution in [2.75, 3.05) is 5.32 Å². The molecule has 0 spiro atoms. The van der Waals surface area contributed by atoms with Crippen LogP contribution in [-0.4, -0.2) is 5.91 Å². The number of aryl methyl sites for hydroxylation is 1. The summed E-state index contributed by atoms with van der Waals surface area (Å²) in [4.78, 5) is 12.2. The lowest BCUT2D eigenvalue weighted by Crippen LogP contribution is -2.12. The number of benzene rings is 3. The zero-order chi connectivity index (χ0) is 16.4. The Balaban J connectivity index is 1.43. The molecule has 2 heteroatoms. The van der Waals surface area contributed by atoms with E-state index in [4.69, 9.17) is 0 Å². The molecule has 1 aliphatic carbocycles. The summed E-state index contributed by atoms with van der Waals surface area (Å²) in [7, 11) is 0. The molecule has 1 N–H and O–H groups in total. The molecule has 0 bridgehead atoms. The third-order valence-corrected chi connectivity index (χ3v) is 4.56. The number of fused-ring (bicyclic) bond motifs is 3. The SMILES string of the molecule is O=C(CCc1ccccc1)Nc1ccc2c(c1)Cc1ccccc1-2. The van der Waals surface area contributed by atoms with Gasteiger partial charge in [-0.05, 0) is 52.8 Å². The molecule has 2 nitrogen and oxygen atoms in total. The second-order valence-electron chi connectivity index (χ2n) is 6.24. The Morgan fingerprint density at radius 2 is 1.58 bits per heavy atom. The lowest BCUT2D eigenvalue weighted by Gasteiger charge is -2.08. The number of amides is 1. The standard InChI is InChI=1S/C22H19NO/c24-22(13-10-16-6-2-1-3-7-16)23-19-11-12-21-18(15-19)14-17-8-4-5-9-20(17)21/h1-9,11-12,15H,10,13-14H2,(H,23,24). The van der Waals surface area contributed by atoms with Crippen molar-refractivity contribution in [1.82, 2.24) is 0 Å². The fourth-order valence-corrected chi connectivity index (χ4v) is 3.35. The molecule has 0 aliphatic heterocycles. The predicted octanol–water partition coefficient (Wildman–Crippen LogP) is 4.83. The van der Waals surface area contributed by atoms with Crippen LogP contribution in [0, 0.1) is 0 Å². The minimum Gasteiger partial charge on any atom is -0.326 e. The third-order valence-electron chi connectivity index (χ3n) is 4.56. The monoisotopic (exact) mass is 313 g/mol. The van der Waals surface area contributed by atoms with Gasteiger partial charge in [-0.15, -0.1) is 0 Å². The first kappa shape index (κ1) is 14.7. The van der Waals surface area contributed by atoms with Gasteiger partial charge in [-0.25, -0.2) is 0 Å². The Hall–Kier alpha value is -2.87. The molecule has 4 rings (SSSR count). The molecule has 0 fully saturated rings. The number of rotatable bonds is 4. The van der Waals surface area contributed by atoms with E-state index in [1.165, 1.54) is 27.8 Å². The summed E-state index contributed by atoms with van der Waals surface area (Å²) in [6, 6.07) is 24.8. The van der Waals surface area contributed by atoms with Gasteiger partial charge in [0.15, 0.2) is 0 Å². The van der Waals surface area contributed by atoms with E-state index in [9.17, 15) is 4.79 Å². The van der Waals surface area contributed by atoms with Gasteiger partial charge in [0.1, 0.15) is 0 Å². The summed E-state index contributed by atoms with van der Waals surface area (Å²) in [6.07, 6.45) is 2.21. The van der Waals surface area contributed by atoms with Crippen molar-refractivity contribution in [1.29, 1.82) is 0 Å². The maximum absolute atomic E-state index is 12.2. The highest BCUT2D eigenvalue weighted by Gasteiger charge is 2.18. The van der Waals surface area contributed by atoms with Crippen molar-refractivity contribution in [3.63, 3.8) is 0 Å². The van der Waals surface area contributed by atoms with E-state index in [0.717, 1.165) is 18.5 Å². The van der Waals surface area contributed by atoms with Gasteiger partial charge in [0.25, 0.3) is 0 Å². The van der Waals surface area contributed by atoms with Crippen LogP contribution in [0.1, 0.15) is 23.1 Å². The molecule has 0 saturated heterocycles. The van der Waals surface area contributed by atoms with Crippen LogP contribution in [-0.2, 0) is 17.6 Å². The molecule has 0 atom stereocenters. The summed E-state index contributed by atoms with van der Waals surface area (Å²) in [5.74, 6) is 0.0642. The summed E-state index contributed by atoms with van der Waals surface area (Å²) in [6.45, 7) is 0. The Morgan fingerprint density at radius 1 is 0.833 bits per heavy atom. The topological polar surface area (TPSA) is 29.1 Å². The Bertz CT molecular complexity index is 883. The van der Waals surface area contributed by atoms with Crippen molar-refractivity contribution in [2.24, 2.45) is 0 Å². The minimum atomic E-state index is 0.0642. The summed E-state index contributed by atoms with van der Waals surface area (Å²) >= 11 is 0. The van der Waals surface area contributed by atoms with Gasteiger partial charge in [-0.1, -0.05) is 60.7 Å². The lowest BCUT2D eigenvalue weighted by molar-refractivity contribution is -0.116. The second-order valence-corrected chi connectivity index (χ2v) is 6.24. The molecule has 118 valence electrons. The number of nitrogens with one attached hydrogen (secondary N) is 1. The highest BCUT2D eigenvalue weighted by molar-refractivity contribution is 5.92. The molecule has 3 aromatic rings. The van der Waals surface area contributed by atoms with E-state index in [1.807, 2.05) is 24.3 Å². The van der Waals surface area contributed by atoms with Crippen LogP contribution in [0.2, 0.25) is 0 Å². The molecule has 24 heavy (non-hydrogen) atoms. The van der Waals surface area contributed by atoms with Crippen molar-refractivity contribution in [3.8, 4) is 11.1 Å². The van der Waals surface area contributed by atoms with E-state index < -0.39 is 0 Å². The van der Waals surface area contributed by atoms with Crippen molar-refractivity contribution >= 4 is 11.6 Å². The molecule has 0 heterocycles. The molecule has 0 aromatic heterocycles. The Kier molecular flexibility index (Phi) is 3.87. The van der Waals surface area contributed by atoms with Gasteiger partial charge in [0.05, 0.1) is 0 Å². The minimum absolute atomic E-state index is 0.0642. The molecule has 0 radical (unpaired) electrons. The average molecular weight is 313 g/mol. The largest absolute Gasteiger partial charge is 0.326 e. The van der Waals surface area contributed by atoms with E-state index in [1.54, 1.807) is 0 Å². The average Bonchev–Trinajstić information content (AvgIpc) is 2.98. The number of hydrogen-bond donors (Lipinski definition) is 1. The van der Waals surface area contributed by atoms with Crippen LogP contribution < -0.4 is 5.32 Å². The van der Waals surface area contributed by atoms with Crippen LogP contribution in [0.5, 0.6) is 0 Å². The zero-order valence-corrected chi connectivity index (χ0v) is 13.5. The van der Waals surface area contributed by atoms with Crippen LogP contribution in [0.4, 0.5) is 5.69 Å². The fourth-order valence-electron chi connectivity index (χ4n) is 3.35. The zero-order valence-electron chi connectivity index (χ0n) is 13.5. The van der Waals surface area contributed by atoms with Crippen molar-refractivity contribution < 1.29 is 4.79 Å². The number of hydrogen-bond acceptors (Lipinski definition) is 1. The Morgan fingerprint density at radius 3 is 2.46 bits per heavy atom. The maximum atomic E-state index is 12.2. The van der Waals surface area contributed by atoms with E-state index in [-0.39, 0.29) is 5.91 Å². The van der Waals surface area contributed by atoms with Crippen LogP contribution in [0.3, 0.4) is 0 Å². The quantitative estimate of drug-likeness (QED) is 0.574. The van der Waals surface area contributed by atoms with Gasteiger partial charge >= 0.3 is 0 Å². The van der Waals surface area contributed by atoms with Crippen LogP contribution in [0.15, 0.2) is 72.8 Å². The first-order valence-electron chi connectivity index (χ1n) is 8.34. The molecule has 1 amide bonds. The summed E-state index contributed by atoms with van der Waals surface area (Å²) < 4.78 is 0. The Labute approximate surface area is 142 Å². The van der Waals surface area contributed by atoms with Gasteiger partial charge in [0, 0.05) is 12.1 Å². The van der Waals surface area contributed by atoms with E-state index in [2.05, 4.69) is 53.8 Å². The number of anilines is 1. The van der Waals surface area contributed by atoms with E-state index in [0.29, 0.717) is 6.42 Å². The fraction of sp³-hybridized carbons (Fsp3) is 0.136. The van der Waals surface area contributed by atoms with Crippen LogP contribution >= 0.6 is 0 Å². The molecular formula is C22H19NO. The number of carbonyl (C=O) groups excluding carboxylic acids is 1. The van der Waals surface area contributed by atoms with Crippen LogP contribution in [0.25, 0.3) is 11.1 Å². The second kappa shape index (κ2) is 6.32. The molecule has 0 saturated carbocycles. The first-order chi connectivity index (χ1) is 11.8. The smallest absolute Gasteiger partial charge is 0.224 e. The van der Waals surface area contributed by atoms with Gasteiger partial charge in [-0.3, -0.25) is 4.79 Å². The first-order valence-corrected chi connectivity index (χ1v) is 8.34. The predicted molar refractivity (Wildman–Crippen MR) is 98.1 cm³/mol. The molecule has 1 aliphatic rings. The van der Waals surface area contributed by atoms with E-state index >= 15 is 0 Å². The highest BCUT2D eigenvalue weighted by atomic mass is 16.1. The molecular weight excluding hydrogens is 294 g/mol. The van der Waals surface area contributed by atoms with Crippen molar-refractivity contribution in [2.45, 2.75) is 19.3 Å². The van der Waals surface area contributed by atoms with Gasteiger partial charge in [-0.2, -0.15) is 0 Å². The maximum Gasteiger partial charge on any atom is 0.224 e. The molecule has 3 aromatic carbocycles. The third kappa shape index (κ3) is 2.95. The lowest BCUT2D eigenvalue weighted by atomic mass is 10.1. The van der Waals surface area contributed by atoms with Gasteiger partial charge in [0.2, 0.25) is 5.91 Å². The number of carbonyl (C=O) groups is 1. The summed E-state index contributed by atoms with van der Waals surface area (Å²) in [5, 5.41) is 3.03. The van der Waals surface area contributed by atoms with Gasteiger partial charge < -0.3 is 5.32 Å². The van der Waals surface area contributed by atoms with Crippen molar-refractivity contribution in [3.05, 3.63) is 89.5 Å². The summed E-state index contributed by atoms with van der Waals surface area (Å²) in [5.41, 5.74) is 7.33.